The van der Waals surface area contributed by atoms with Crippen molar-refractivity contribution in [2.75, 3.05) is 13.1 Å². The van der Waals surface area contributed by atoms with Crippen molar-refractivity contribution < 1.29 is 0 Å². The Morgan fingerprint density at radius 2 is 2.10 bits per heavy atom. The first-order chi connectivity index (χ1) is 10.2. The molecule has 0 bridgehead atoms. The van der Waals surface area contributed by atoms with Gasteiger partial charge in [0.15, 0.2) is 5.65 Å². The Kier molecular flexibility index (Phi) is 4.22. The quantitative estimate of drug-likeness (QED) is 0.738. The van der Waals surface area contributed by atoms with E-state index in [1.807, 2.05) is 11.7 Å². The number of halogens is 1. The van der Waals surface area contributed by atoms with Crippen molar-refractivity contribution in [3.63, 3.8) is 0 Å². The van der Waals surface area contributed by atoms with E-state index in [2.05, 4.69) is 28.4 Å². The molecule has 116 valence electrons. The maximum absolute atomic E-state index is 6.11. The first-order valence-corrected chi connectivity index (χ1v) is 8.44. The fraction of sp³-hybridized carbons (Fsp3) is 0.733. The van der Waals surface area contributed by atoms with Gasteiger partial charge in [-0.05, 0) is 25.8 Å². The van der Waals surface area contributed by atoms with Crippen molar-refractivity contribution in [1.29, 1.82) is 0 Å². The molecule has 1 aliphatic carbocycles. The molecule has 0 amide bonds. The van der Waals surface area contributed by atoms with Gasteiger partial charge in [0.05, 0.1) is 11.6 Å². The summed E-state index contributed by atoms with van der Waals surface area (Å²) in [6, 6.07) is 0.797. The standard InChI is InChI=1S/C15H24ClN5/c1-4-12-14-15(19(3)18-12)21(13(10-16)17-14)9-8-20(5-2)11-6-7-11/h11H,4-10H2,1-3H3. The number of alkyl halides is 1. The molecule has 21 heavy (non-hydrogen) atoms. The second-order valence-electron chi connectivity index (χ2n) is 5.77. The Labute approximate surface area is 130 Å². The summed E-state index contributed by atoms with van der Waals surface area (Å²) in [5.74, 6) is 1.41. The molecule has 0 radical (unpaired) electrons. The van der Waals surface area contributed by atoms with Crippen molar-refractivity contribution in [2.45, 2.75) is 51.6 Å². The van der Waals surface area contributed by atoms with Gasteiger partial charge in [0.25, 0.3) is 0 Å². The minimum atomic E-state index is 0.452. The molecule has 0 N–H and O–H groups in total. The van der Waals surface area contributed by atoms with Crippen LogP contribution in [0.4, 0.5) is 0 Å². The Morgan fingerprint density at radius 3 is 2.67 bits per heavy atom. The summed E-state index contributed by atoms with van der Waals surface area (Å²) in [7, 11) is 2.00. The molecule has 1 saturated carbocycles. The highest BCUT2D eigenvalue weighted by Crippen LogP contribution is 2.27. The van der Waals surface area contributed by atoms with Crippen molar-refractivity contribution in [2.24, 2.45) is 7.05 Å². The number of likely N-dealkylation sites (N-methyl/N-ethyl adjacent to an activating group) is 1. The number of aryl methyl sites for hydroxylation is 2. The van der Waals surface area contributed by atoms with Crippen LogP contribution in [-0.4, -0.2) is 43.4 Å². The third-order valence-electron chi connectivity index (χ3n) is 4.41. The maximum atomic E-state index is 6.11. The smallest absolute Gasteiger partial charge is 0.158 e. The molecule has 1 fully saturated rings. The fourth-order valence-electron chi connectivity index (χ4n) is 3.13. The molecule has 1 aliphatic rings. The molecule has 0 saturated heterocycles. The highest BCUT2D eigenvalue weighted by atomic mass is 35.5. The van der Waals surface area contributed by atoms with Crippen LogP contribution in [0.5, 0.6) is 0 Å². The van der Waals surface area contributed by atoms with Gasteiger partial charge in [-0.15, -0.1) is 11.6 Å². The van der Waals surface area contributed by atoms with Crippen LogP contribution in [0.1, 0.15) is 38.2 Å². The zero-order chi connectivity index (χ0) is 15.0. The fourth-order valence-corrected chi connectivity index (χ4v) is 3.33. The molecule has 0 atom stereocenters. The van der Waals surface area contributed by atoms with E-state index in [1.54, 1.807) is 0 Å². The normalized spacial score (nSPS) is 15.5. The molecule has 0 unspecified atom stereocenters. The van der Waals surface area contributed by atoms with Gasteiger partial charge in [0.1, 0.15) is 11.3 Å². The summed E-state index contributed by atoms with van der Waals surface area (Å²) in [5, 5.41) is 4.58. The van der Waals surface area contributed by atoms with Crippen molar-refractivity contribution in [3.8, 4) is 0 Å². The van der Waals surface area contributed by atoms with Crippen LogP contribution in [0.3, 0.4) is 0 Å². The van der Waals surface area contributed by atoms with Crippen molar-refractivity contribution in [1.82, 2.24) is 24.2 Å². The zero-order valence-electron chi connectivity index (χ0n) is 13.1. The van der Waals surface area contributed by atoms with E-state index in [-0.39, 0.29) is 0 Å². The van der Waals surface area contributed by atoms with E-state index in [0.29, 0.717) is 5.88 Å². The van der Waals surface area contributed by atoms with Crippen LogP contribution in [0.2, 0.25) is 0 Å². The van der Waals surface area contributed by atoms with Gasteiger partial charge in [-0.2, -0.15) is 5.10 Å². The molecule has 5 nitrogen and oxygen atoms in total. The molecule has 3 rings (SSSR count). The van der Waals surface area contributed by atoms with Crippen molar-refractivity contribution >= 4 is 22.8 Å². The minimum absolute atomic E-state index is 0.452. The number of hydrogen-bond donors (Lipinski definition) is 0. The second-order valence-corrected chi connectivity index (χ2v) is 6.04. The summed E-state index contributed by atoms with van der Waals surface area (Å²) >= 11 is 6.11. The molecule has 2 aromatic heterocycles. The Hall–Kier alpha value is -1.07. The maximum Gasteiger partial charge on any atom is 0.158 e. The summed E-state index contributed by atoms with van der Waals surface area (Å²) in [5.41, 5.74) is 3.19. The summed E-state index contributed by atoms with van der Waals surface area (Å²) < 4.78 is 4.20. The van der Waals surface area contributed by atoms with E-state index in [9.17, 15) is 0 Å². The predicted octanol–water partition coefficient (Wildman–Crippen LogP) is 2.56. The lowest BCUT2D eigenvalue weighted by Gasteiger charge is -2.20. The number of imidazole rings is 1. The molecule has 6 heteroatoms. The third kappa shape index (κ3) is 2.69. The van der Waals surface area contributed by atoms with E-state index >= 15 is 0 Å². The molecule has 2 aromatic rings. The average molecular weight is 310 g/mol. The number of rotatable bonds is 7. The lowest BCUT2D eigenvalue weighted by Crippen LogP contribution is -2.30. The number of nitrogens with zero attached hydrogens (tertiary/aromatic N) is 5. The van der Waals surface area contributed by atoms with E-state index in [0.717, 1.165) is 54.8 Å². The third-order valence-corrected chi connectivity index (χ3v) is 4.64. The molecular weight excluding hydrogens is 286 g/mol. The predicted molar refractivity (Wildman–Crippen MR) is 85.7 cm³/mol. The zero-order valence-corrected chi connectivity index (χ0v) is 13.9. The van der Waals surface area contributed by atoms with Gasteiger partial charge in [-0.25, -0.2) is 4.98 Å². The highest BCUT2D eigenvalue weighted by molar-refractivity contribution is 6.16. The van der Waals surface area contributed by atoms with Crippen LogP contribution in [0, 0.1) is 0 Å². The first kappa shape index (κ1) is 14.9. The van der Waals surface area contributed by atoms with Crippen molar-refractivity contribution in [3.05, 3.63) is 11.5 Å². The molecule has 0 spiro atoms. The van der Waals surface area contributed by atoms with Gasteiger partial charge in [-0.3, -0.25) is 9.58 Å². The lowest BCUT2D eigenvalue weighted by molar-refractivity contribution is 0.266. The molecule has 2 heterocycles. The van der Waals surface area contributed by atoms with Crippen LogP contribution in [0.15, 0.2) is 0 Å². The summed E-state index contributed by atoms with van der Waals surface area (Å²) in [6.45, 7) is 7.47. The van der Waals surface area contributed by atoms with E-state index < -0.39 is 0 Å². The second kappa shape index (κ2) is 5.97. The Balaban J connectivity index is 1.90. The van der Waals surface area contributed by atoms with Gasteiger partial charge < -0.3 is 4.57 Å². The van der Waals surface area contributed by atoms with Gasteiger partial charge in [0, 0.05) is 26.2 Å². The van der Waals surface area contributed by atoms with E-state index in [4.69, 9.17) is 16.6 Å². The average Bonchev–Trinajstić information content (AvgIpc) is 3.18. The van der Waals surface area contributed by atoms with Gasteiger partial charge in [0.2, 0.25) is 0 Å². The molecular formula is C15H24ClN5. The Bertz CT molecular complexity index is 626. The monoisotopic (exact) mass is 309 g/mol. The van der Waals surface area contributed by atoms with Crippen LogP contribution in [0.25, 0.3) is 11.2 Å². The summed E-state index contributed by atoms with van der Waals surface area (Å²) in [4.78, 5) is 7.27. The summed E-state index contributed by atoms with van der Waals surface area (Å²) in [6.07, 6.45) is 3.60. The van der Waals surface area contributed by atoms with E-state index in [1.165, 1.54) is 12.8 Å². The van der Waals surface area contributed by atoms with Crippen LogP contribution < -0.4 is 0 Å². The lowest BCUT2D eigenvalue weighted by atomic mass is 10.3. The van der Waals surface area contributed by atoms with Gasteiger partial charge in [-0.1, -0.05) is 13.8 Å². The largest absolute Gasteiger partial charge is 0.311 e. The number of fused-ring (bicyclic) bond motifs is 1. The SMILES string of the molecule is CCc1nn(C)c2c1nc(CCl)n2CCN(CC)C1CC1. The molecule has 0 aliphatic heterocycles. The topological polar surface area (TPSA) is 38.9 Å². The Morgan fingerprint density at radius 1 is 1.33 bits per heavy atom. The molecule has 0 aromatic carbocycles. The highest BCUT2D eigenvalue weighted by Gasteiger charge is 2.28. The first-order valence-electron chi connectivity index (χ1n) is 7.90. The number of aromatic nitrogens is 4. The van der Waals surface area contributed by atoms with Crippen LogP contribution in [-0.2, 0) is 25.9 Å². The van der Waals surface area contributed by atoms with Crippen LogP contribution >= 0.6 is 11.6 Å². The minimum Gasteiger partial charge on any atom is -0.311 e. The van der Waals surface area contributed by atoms with Gasteiger partial charge >= 0.3 is 0 Å². The number of hydrogen-bond acceptors (Lipinski definition) is 3.